The molecule has 0 aliphatic carbocycles. The number of furan rings is 1. The van der Waals surface area contributed by atoms with Gasteiger partial charge >= 0.3 is 0 Å². The first-order valence-electron chi connectivity index (χ1n) is 4.76. The van der Waals surface area contributed by atoms with Crippen LogP contribution in [0.3, 0.4) is 0 Å². The average molecular weight is 203 g/mol. The maximum Gasteiger partial charge on any atom is 0.144 e. The third-order valence-electron chi connectivity index (χ3n) is 2.33. The fraction of sp³-hybridized carbons (Fsp3) is 0.273. The Morgan fingerprint density at radius 2 is 2.27 bits per heavy atom. The average Bonchev–Trinajstić information content (AvgIpc) is 2.76. The first-order valence-corrected chi connectivity index (χ1v) is 4.76. The predicted molar refractivity (Wildman–Crippen MR) is 58.6 cm³/mol. The van der Waals surface area contributed by atoms with Gasteiger partial charge in [0.05, 0.1) is 23.9 Å². The van der Waals surface area contributed by atoms with Gasteiger partial charge in [0.2, 0.25) is 0 Å². The molecule has 78 valence electrons. The van der Waals surface area contributed by atoms with Crippen LogP contribution in [0.5, 0.6) is 0 Å². The van der Waals surface area contributed by atoms with Gasteiger partial charge in [-0.2, -0.15) is 5.10 Å². The summed E-state index contributed by atoms with van der Waals surface area (Å²) in [6.45, 7) is 3.94. The van der Waals surface area contributed by atoms with Crippen LogP contribution in [0.2, 0.25) is 0 Å². The SMILES string of the molecule is Cc1nn(C)c(C)c1N=Cc1ccco1. The van der Waals surface area contributed by atoms with Crippen molar-refractivity contribution in [2.24, 2.45) is 12.0 Å². The van der Waals surface area contributed by atoms with E-state index in [0.29, 0.717) is 0 Å². The fourth-order valence-corrected chi connectivity index (χ4v) is 1.44. The second-order valence-corrected chi connectivity index (χ2v) is 3.42. The van der Waals surface area contributed by atoms with E-state index in [1.54, 1.807) is 12.5 Å². The van der Waals surface area contributed by atoms with Crippen molar-refractivity contribution in [2.75, 3.05) is 0 Å². The molecule has 2 aromatic rings. The van der Waals surface area contributed by atoms with Crippen LogP contribution in [0.1, 0.15) is 17.1 Å². The Hall–Kier alpha value is -1.84. The number of aryl methyl sites for hydroxylation is 2. The van der Waals surface area contributed by atoms with Gasteiger partial charge in [-0.15, -0.1) is 0 Å². The van der Waals surface area contributed by atoms with Gasteiger partial charge in [0, 0.05) is 7.05 Å². The Labute approximate surface area is 88.2 Å². The van der Waals surface area contributed by atoms with Crippen LogP contribution in [0, 0.1) is 13.8 Å². The van der Waals surface area contributed by atoms with Crippen molar-refractivity contribution in [3.8, 4) is 0 Å². The maximum atomic E-state index is 5.17. The van der Waals surface area contributed by atoms with Crippen LogP contribution in [-0.2, 0) is 7.05 Å². The van der Waals surface area contributed by atoms with E-state index in [-0.39, 0.29) is 0 Å². The Morgan fingerprint density at radius 1 is 1.47 bits per heavy atom. The fourth-order valence-electron chi connectivity index (χ4n) is 1.44. The molecule has 4 heteroatoms. The Kier molecular flexibility index (Phi) is 2.41. The molecule has 0 aliphatic heterocycles. The lowest BCUT2D eigenvalue weighted by Crippen LogP contribution is -1.91. The maximum absolute atomic E-state index is 5.17. The van der Waals surface area contributed by atoms with E-state index >= 15 is 0 Å². The number of nitrogens with zero attached hydrogens (tertiary/aromatic N) is 3. The van der Waals surface area contributed by atoms with Gasteiger partial charge in [0.15, 0.2) is 0 Å². The molecule has 2 heterocycles. The lowest BCUT2D eigenvalue weighted by atomic mass is 10.3. The van der Waals surface area contributed by atoms with Gasteiger partial charge in [0.1, 0.15) is 11.4 Å². The van der Waals surface area contributed by atoms with Crippen molar-refractivity contribution in [3.63, 3.8) is 0 Å². The highest BCUT2D eigenvalue weighted by Gasteiger charge is 2.06. The smallest absolute Gasteiger partial charge is 0.144 e. The van der Waals surface area contributed by atoms with Crippen molar-refractivity contribution in [1.82, 2.24) is 9.78 Å². The molecule has 0 unspecified atom stereocenters. The zero-order valence-electron chi connectivity index (χ0n) is 9.06. The number of aromatic nitrogens is 2. The minimum absolute atomic E-state index is 0.748. The highest BCUT2D eigenvalue weighted by molar-refractivity contribution is 5.79. The van der Waals surface area contributed by atoms with Gasteiger partial charge in [0.25, 0.3) is 0 Å². The quantitative estimate of drug-likeness (QED) is 0.703. The summed E-state index contributed by atoms with van der Waals surface area (Å²) in [7, 11) is 1.91. The van der Waals surface area contributed by atoms with E-state index < -0.39 is 0 Å². The van der Waals surface area contributed by atoms with E-state index in [9.17, 15) is 0 Å². The lowest BCUT2D eigenvalue weighted by Gasteiger charge is -1.93. The topological polar surface area (TPSA) is 43.3 Å². The molecule has 4 nitrogen and oxygen atoms in total. The molecule has 2 rings (SSSR count). The molecule has 0 bridgehead atoms. The van der Waals surface area contributed by atoms with Crippen molar-refractivity contribution in [1.29, 1.82) is 0 Å². The zero-order chi connectivity index (χ0) is 10.8. The zero-order valence-corrected chi connectivity index (χ0v) is 9.06. The van der Waals surface area contributed by atoms with Crippen LogP contribution in [0.4, 0.5) is 5.69 Å². The molecular formula is C11H13N3O. The predicted octanol–water partition coefficient (Wildman–Crippen LogP) is 2.38. The minimum Gasteiger partial charge on any atom is -0.463 e. The van der Waals surface area contributed by atoms with Gasteiger partial charge in [-0.25, -0.2) is 4.99 Å². The molecular weight excluding hydrogens is 190 g/mol. The van der Waals surface area contributed by atoms with Gasteiger partial charge < -0.3 is 4.42 Å². The second-order valence-electron chi connectivity index (χ2n) is 3.42. The summed E-state index contributed by atoms with van der Waals surface area (Å²) >= 11 is 0. The van der Waals surface area contributed by atoms with Crippen LogP contribution < -0.4 is 0 Å². The molecule has 0 saturated carbocycles. The van der Waals surface area contributed by atoms with E-state index in [2.05, 4.69) is 10.1 Å². The Balaban J connectivity index is 2.32. The molecule has 15 heavy (non-hydrogen) atoms. The van der Waals surface area contributed by atoms with Crippen molar-refractivity contribution in [2.45, 2.75) is 13.8 Å². The van der Waals surface area contributed by atoms with E-state index in [0.717, 1.165) is 22.8 Å². The minimum atomic E-state index is 0.748. The van der Waals surface area contributed by atoms with E-state index in [1.807, 2.05) is 37.7 Å². The molecule has 0 N–H and O–H groups in total. The first kappa shape index (κ1) is 9.71. The summed E-state index contributed by atoms with van der Waals surface area (Å²) in [5, 5.41) is 4.28. The lowest BCUT2D eigenvalue weighted by molar-refractivity contribution is 0.560. The standard InChI is InChI=1S/C11H13N3O/c1-8-11(9(2)14(3)13-8)12-7-10-5-4-6-15-10/h4-7H,1-3H3. The summed E-state index contributed by atoms with van der Waals surface area (Å²) in [4.78, 5) is 4.37. The van der Waals surface area contributed by atoms with Gasteiger partial charge in [-0.1, -0.05) is 0 Å². The van der Waals surface area contributed by atoms with Gasteiger partial charge in [-0.3, -0.25) is 4.68 Å². The number of hydrogen-bond acceptors (Lipinski definition) is 3. The molecule has 0 amide bonds. The van der Waals surface area contributed by atoms with Gasteiger partial charge in [-0.05, 0) is 26.0 Å². The monoisotopic (exact) mass is 203 g/mol. The Bertz CT molecular complexity index is 480. The molecule has 0 saturated heterocycles. The summed E-state index contributed by atoms with van der Waals surface area (Å²) in [6, 6.07) is 3.70. The van der Waals surface area contributed by atoms with Crippen molar-refractivity contribution in [3.05, 3.63) is 35.5 Å². The first-order chi connectivity index (χ1) is 7.18. The van der Waals surface area contributed by atoms with Crippen LogP contribution >= 0.6 is 0 Å². The van der Waals surface area contributed by atoms with E-state index in [4.69, 9.17) is 4.42 Å². The molecule has 2 aromatic heterocycles. The third kappa shape index (κ3) is 1.83. The largest absolute Gasteiger partial charge is 0.463 e. The number of hydrogen-bond donors (Lipinski definition) is 0. The summed E-state index contributed by atoms with van der Waals surface area (Å²) < 4.78 is 6.99. The second kappa shape index (κ2) is 3.73. The number of aliphatic imine (C=N–C) groups is 1. The summed E-state index contributed by atoms with van der Waals surface area (Å²) in [5.74, 6) is 0.748. The molecule has 0 aliphatic rings. The molecule has 0 fully saturated rings. The van der Waals surface area contributed by atoms with Crippen LogP contribution in [0.15, 0.2) is 27.8 Å². The van der Waals surface area contributed by atoms with E-state index in [1.165, 1.54) is 0 Å². The highest BCUT2D eigenvalue weighted by atomic mass is 16.3. The number of rotatable bonds is 2. The normalized spacial score (nSPS) is 11.4. The summed E-state index contributed by atoms with van der Waals surface area (Å²) in [5.41, 5.74) is 2.89. The Morgan fingerprint density at radius 3 is 2.80 bits per heavy atom. The molecule has 0 aromatic carbocycles. The van der Waals surface area contributed by atoms with Crippen LogP contribution in [0.25, 0.3) is 0 Å². The molecule has 0 radical (unpaired) electrons. The van der Waals surface area contributed by atoms with Crippen molar-refractivity contribution < 1.29 is 4.42 Å². The highest BCUT2D eigenvalue weighted by Crippen LogP contribution is 2.21. The van der Waals surface area contributed by atoms with Crippen LogP contribution in [-0.4, -0.2) is 16.0 Å². The third-order valence-corrected chi connectivity index (χ3v) is 2.33. The van der Waals surface area contributed by atoms with Crippen molar-refractivity contribution >= 4 is 11.9 Å². The molecule has 0 spiro atoms. The summed E-state index contributed by atoms with van der Waals surface area (Å²) in [6.07, 6.45) is 3.33. The molecule has 0 atom stereocenters.